The maximum Gasteiger partial charge on any atom is 0.323 e. The van der Waals surface area contributed by atoms with Gasteiger partial charge in [0.2, 0.25) is 0 Å². The van der Waals surface area contributed by atoms with Gasteiger partial charge in [-0.15, -0.1) is 11.3 Å². The van der Waals surface area contributed by atoms with E-state index in [1.165, 1.54) is 17.5 Å². The predicted octanol–water partition coefficient (Wildman–Crippen LogP) is 3.67. The third-order valence-electron chi connectivity index (χ3n) is 4.76. The van der Waals surface area contributed by atoms with Crippen LogP contribution in [0.5, 0.6) is 0 Å². The van der Waals surface area contributed by atoms with Gasteiger partial charge in [0.15, 0.2) is 0 Å². The van der Waals surface area contributed by atoms with E-state index in [0.29, 0.717) is 21.3 Å². The van der Waals surface area contributed by atoms with Crippen molar-refractivity contribution in [1.29, 1.82) is 0 Å². The van der Waals surface area contributed by atoms with Crippen LogP contribution in [0.15, 0.2) is 48.1 Å². The van der Waals surface area contributed by atoms with Crippen LogP contribution in [0, 0.1) is 0 Å². The van der Waals surface area contributed by atoms with Gasteiger partial charge in [-0.1, -0.05) is 23.7 Å². The minimum Gasteiger partial charge on any atom is -0.347 e. The van der Waals surface area contributed by atoms with E-state index in [4.69, 9.17) is 11.6 Å². The molecule has 1 aliphatic heterocycles. The first kappa shape index (κ1) is 20.4. The number of rotatable bonds is 5. The first-order valence-corrected chi connectivity index (χ1v) is 10.7. The molecular formula is C20H21ClN6O2S. The van der Waals surface area contributed by atoms with Crippen LogP contribution in [0.4, 0.5) is 16.2 Å². The van der Waals surface area contributed by atoms with E-state index in [1.807, 2.05) is 12.4 Å². The number of nitrogens with one attached hydrogen (secondary N) is 3. The normalized spacial score (nSPS) is 16.4. The molecule has 0 radical (unpaired) electrons. The first-order valence-electron chi connectivity index (χ1n) is 9.43. The number of amides is 3. The molecule has 30 heavy (non-hydrogen) atoms. The Morgan fingerprint density at radius 3 is 2.87 bits per heavy atom. The highest BCUT2D eigenvalue weighted by molar-refractivity contribution is 7.12. The molecule has 3 aromatic rings. The third kappa shape index (κ3) is 4.81. The number of likely N-dealkylation sites (N-methyl/N-ethyl adjacent to an activating group) is 1. The van der Waals surface area contributed by atoms with E-state index < -0.39 is 6.03 Å². The highest BCUT2D eigenvalue weighted by Crippen LogP contribution is 2.22. The highest BCUT2D eigenvalue weighted by Gasteiger charge is 2.22. The molecule has 1 saturated heterocycles. The Labute approximate surface area is 182 Å². The fourth-order valence-corrected chi connectivity index (χ4v) is 4.21. The van der Waals surface area contributed by atoms with E-state index in [2.05, 4.69) is 25.9 Å². The fourth-order valence-electron chi connectivity index (χ4n) is 3.25. The summed E-state index contributed by atoms with van der Waals surface area (Å²) in [6.45, 7) is 1.86. The largest absolute Gasteiger partial charge is 0.347 e. The SMILES string of the molecule is CN1CCC(NC(=O)c2cc(-n3cc(NC(=O)Nc4ccccc4Cl)cn3)cs2)C1. The van der Waals surface area contributed by atoms with Gasteiger partial charge in [0.1, 0.15) is 0 Å². The number of hydrogen-bond acceptors (Lipinski definition) is 5. The van der Waals surface area contributed by atoms with Gasteiger partial charge in [-0.2, -0.15) is 5.10 Å². The summed E-state index contributed by atoms with van der Waals surface area (Å²) < 4.78 is 1.61. The number of carbonyl (C=O) groups excluding carboxylic acids is 2. The van der Waals surface area contributed by atoms with Crippen LogP contribution < -0.4 is 16.0 Å². The molecule has 156 valence electrons. The van der Waals surface area contributed by atoms with Crippen molar-refractivity contribution in [3.05, 3.63) is 58.0 Å². The average molecular weight is 445 g/mol. The molecule has 0 bridgehead atoms. The third-order valence-corrected chi connectivity index (χ3v) is 6.01. The van der Waals surface area contributed by atoms with Crippen LogP contribution in [0.2, 0.25) is 5.02 Å². The van der Waals surface area contributed by atoms with Gasteiger partial charge in [-0.3, -0.25) is 4.79 Å². The summed E-state index contributed by atoms with van der Waals surface area (Å²) in [5, 5.41) is 15.1. The molecular weight excluding hydrogens is 424 g/mol. The highest BCUT2D eigenvalue weighted by atomic mass is 35.5. The molecule has 1 fully saturated rings. The van der Waals surface area contributed by atoms with E-state index in [0.717, 1.165) is 25.2 Å². The van der Waals surface area contributed by atoms with Crippen LogP contribution in [-0.4, -0.2) is 52.8 Å². The topological polar surface area (TPSA) is 91.3 Å². The molecule has 4 rings (SSSR count). The Kier molecular flexibility index (Phi) is 6.03. The minimum atomic E-state index is -0.422. The molecule has 3 N–H and O–H groups in total. The molecule has 0 spiro atoms. The fraction of sp³-hybridized carbons (Fsp3) is 0.250. The van der Waals surface area contributed by atoms with Crippen LogP contribution in [-0.2, 0) is 0 Å². The maximum atomic E-state index is 12.5. The molecule has 2 aromatic heterocycles. The maximum absolute atomic E-state index is 12.5. The number of urea groups is 1. The Morgan fingerprint density at radius 2 is 2.10 bits per heavy atom. The van der Waals surface area contributed by atoms with Crippen LogP contribution in [0.1, 0.15) is 16.1 Å². The first-order chi connectivity index (χ1) is 14.5. The van der Waals surface area contributed by atoms with E-state index in [-0.39, 0.29) is 11.9 Å². The standard InChI is InChI=1S/C20H21ClN6O2S/c1-26-7-6-13(10-26)23-19(28)18-8-15(12-30-18)27-11-14(9-22-27)24-20(29)25-17-5-3-2-4-16(17)21/h2-5,8-9,11-13H,6-7,10H2,1H3,(H,23,28)(H2,24,25,29). The van der Waals surface area contributed by atoms with Gasteiger partial charge in [-0.05, 0) is 38.2 Å². The molecule has 10 heteroatoms. The number of aromatic nitrogens is 2. The summed E-state index contributed by atoms with van der Waals surface area (Å²) in [5.41, 5.74) is 1.80. The van der Waals surface area contributed by atoms with E-state index in [1.54, 1.807) is 41.2 Å². The number of carbonyl (C=O) groups is 2. The summed E-state index contributed by atoms with van der Waals surface area (Å²) in [4.78, 5) is 27.5. The van der Waals surface area contributed by atoms with Crippen molar-refractivity contribution in [1.82, 2.24) is 20.0 Å². The summed E-state index contributed by atoms with van der Waals surface area (Å²) in [5.74, 6) is -0.0730. The second-order valence-electron chi connectivity index (χ2n) is 7.12. The molecule has 3 heterocycles. The number of thiophene rings is 1. The zero-order valence-corrected chi connectivity index (χ0v) is 17.8. The van der Waals surface area contributed by atoms with Crippen LogP contribution in [0.3, 0.4) is 0 Å². The van der Waals surface area contributed by atoms with Gasteiger partial charge in [0.25, 0.3) is 5.91 Å². The number of para-hydroxylation sites is 1. The lowest BCUT2D eigenvalue weighted by Gasteiger charge is -2.11. The Morgan fingerprint density at radius 1 is 1.27 bits per heavy atom. The number of halogens is 1. The minimum absolute atomic E-state index is 0.0730. The van der Waals surface area contributed by atoms with Gasteiger partial charge < -0.3 is 20.9 Å². The van der Waals surface area contributed by atoms with Gasteiger partial charge in [0.05, 0.1) is 39.4 Å². The van der Waals surface area contributed by atoms with Gasteiger partial charge in [-0.25, -0.2) is 9.48 Å². The van der Waals surface area contributed by atoms with Crippen LogP contribution in [0.25, 0.3) is 5.69 Å². The number of anilines is 2. The smallest absolute Gasteiger partial charge is 0.323 e. The number of hydrogen-bond donors (Lipinski definition) is 3. The lowest BCUT2D eigenvalue weighted by molar-refractivity contribution is 0.0942. The second kappa shape index (κ2) is 8.86. The van der Waals surface area contributed by atoms with E-state index in [9.17, 15) is 9.59 Å². The van der Waals surface area contributed by atoms with Crippen molar-refractivity contribution in [3.8, 4) is 5.69 Å². The molecule has 1 aliphatic rings. The predicted molar refractivity (Wildman–Crippen MR) is 119 cm³/mol. The lowest BCUT2D eigenvalue weighted by atomic mass is 10.2. The number of benzene rings is 1. The molecule has 1 aromatic carbocycles. The molecule has 1 atom stereocenters. The molecule has 3 amide bonds. The van der Waals surface area contributed by atoms with Crippen molar-refractivity contribution in [2.45, 2.75) is 12.5 Å². The molecule has 0 aliphatic carbocycles. The van der Waals surface area contributed by atoms with Crippen LogP contribution >= 0.6 is 22.9 Å². The zero-order chi connectivity index (χ0) is 21.1. The second-order valence-corrected chi connectivity index (χ2v) is 8.44. The summed E-state index contributed by atoms with van der Waals surface area (Å²) in [7, 11) is 2.05. The number of nitrogens with zero attached hydrogens (tertiary/aromatic N) is 3. The van der Waals surface area contributed by atoms with Crippen molar-refractivity contribution in [2.75, 3.05) is 30.8 Å². The van der Waals surface area contributed by atoms with Gasteiger partial charge >= 0.3 is 6.03 Å². The number of likely N-dealkylation sites (tertiary alicyclic amines) is 1. The van der Waals surface area contributed by atoms with Crippen molar-refractivity contribution < 1.29 is 9.59 Å². The quantitative estimate of drug-likeness (QED) is 0.560. The Bertz CT molecular complexity index is 1070. The van der Waals surface area contributed by atoms with E-state index >= 15 is 0 Å². The van der Waals surface area contributed by atoms with Crippen molar-refractivity contribution in [3.63, 3.8) is 0 Å². The van der Waals surface area contributed by atoms with Crippen molar-refractivity contribution >= 4 is 46.3 Å². The summed E-state index contributed by atoms with van der Waals surface area (Å²) >= 11 is 7.41. The van der Waals surface area contributed by atoms with Gasteiger partial charge in [0, 0.05) is 18.0 Å². The summed E-state index contributed by atoms with van der Waals surface area (Å²) in [6, 6.07) is 8.54. The Hall–Kier alpha value is -2.88. The molecule has 0 saturated carbocycles. The average Bonchev–Trinajstić information content (AvgIpc) is 3.44. The molecule has 1 unspecified atom stereocenters. The zero-order valence-electron chi connectivity index (χ0n) is 16.3. The monoisotopic (exact) mass is 444 g/mol. The lowest BCUT2D eigenvalue weighted by Crippen LogP contribution is -2.36. The van der Waals surface area contributed by atoms with Crippen molar-refractivity contribution in [2.24, 2.45) is 0 Å². The Balaban J connectivity index is 1.36. The summed E-state index contributed by atoms with van der Waals surface area (Å²) in [6.07, 6.45) is 4.19. The molecule has 8 nitrogen and oxygen atoms in total.